The predicted molar refractivity (Wildman–Crippen MR) is 61.2 cm³/mol. The third-order valence-electron chi connectivity index (χ3n) is 3.04. The number of hydrogen-bond acceptors (Lipinski definition) is 1. The Hall–Kier alpha value is -1.12. The Labute approximate surface area is 95.4 Å². The van der Waals surface area contributed by atoms with Gasteiger partial charge in [-0.2, -0.15) is 0 Å². The van der Waals surface area contributed by atoms with Gasteiger partial charge in [-0.3, -0.25) is 0 Å². The number of methoxy groups -OCH3 is 1. The fourth-order valence-corrected chi connectivity index (χ4v) is 1.69. The average Bonchev–Trinajstić information content (AvgIpc) is 2.21. The highest BCUT2D eigenvalue weighted by Crippen LogP contribution is 2.39. The van der Waals surface area contributed by atoms with Crippen molar-refractivity contribution in [3.63, 3.8) is 0 Å². The first-order valence-corrected chi connectivity index (χ1v) is 5.34. The smallest absolute Gasteiger partial charge is 0.275 e. The standard InChI is InChI=1S/C13H18F2O/c1-8(2)13(14,15)11-6-7-12(16-5)10(4)9(11)3/h6-8H,1-5H3. The van der Waals surface area contributed by atoms with Gasteiger partial charge >= 0.3 is 0 Å². The summed E-state index contributed by atoms with van der Waals surface area (Å²) in [5, 5.41) is 0. The highest BCUT2D eigenvalue weighted by Gasteiger charge is 2.37. The summed E-state index contributed by atoms with van der Waals surface area (Å²) >= 11 is 0. The summed E-state index contributed by atoms with van der Waals surface area (Å²) < 4.78 is 32.9. The molecule has 1 aromatic rings. The van der Waals surface area contributed by atoms with Crippen LogP contribution in [0.3, 0.4) is 0 Å². The molecule has 90 valence electrons. The van der Waals surface area contributed by atoms with E-state index >= 15 is 0 Å². The molecule has 1 aromatic carbocycles. The quantitative estimate of drug-likeness (QED) is 0.758. The maximum atomic E-state index is 13.9. The van der Waals surface area contributed by atoms with Crippen LogP contribution in [0.1, 0.15) is 30.5 Å². The summed E-state index contributed by atoms with van der Waals surface area (Å²) in [7, 11) is 1.54. The SMILES string of the molecule is COc1ccc(C(F)(F)C(C)C)c(C)c1C. The lowest BCUT2D eigenvalue weighted by molar-refractivity contribution is -0.0520. The van der Waals surface area contributed by atoms with Crippen molar-refractivity contribution in [1.29, 1.82) is 0 Å². The van der Waals surface area contributed by atoms with Gasteiger partial charge in [0.25, 0.3) is 5.92 Å². The maximum Gasteiger partial charge on any atom is 0.275 e. The van der Waals surface area contributed by atoms with E-state index in [0.717, 1.165) is 5.56 Å². The number of rotatable bonds is 3. The minimum absolute atomic E-state index is 0.0980. The first-order valence-electron chi connectivity index (χ1n) is 5.34. The molecule has 0 fully saturated rings. The molecular formula is C13H18F2O. The van der Waals surface area contributed by atoms with Crippen LogP contribution >= 0.6 is 0 Å². The molecular weight excluding hydrogens is 210 g/mol. The molecule has 0 aliphatic carbocycles. The van der Waals surface area contributed by atoms with Crippen molar-refractivity contribution in [1.82, 2.24) is 0 Å². The van der Waals surface area contributed by atoms with Crippen molar-refractivity contribution in [3.8, 4) is 5.75 Å². The fraction of sp³-hybridized carbons (Fsp3) is 0.538. The molecule has 0 saturated heterocycles. The fourth-order valence-electron chi connectivity index (χ4n) is 1.69. The average molecular weight is 228 g/mol. The minimum Gasteiger partial charge on any atom is -0.496 e. The lowest BCUT2D eigenvalue weighted by atomic mass is 9.91. The summed E-state index contributed by atoms with van der Waals surface area (Å²) in [5.41, 5.74) is 1.49. The van der Waals surface area contributed by atoms with E-state index in [1.807, 2.05) is 0 Å². The van der Waals surface area contributed by atoms with E-state index < -0.39 is 11.8 Å². The zero-order valence-electron chi connectivity index (χ0n) is 10.4. The summed E-state index contributed by atoms with van der Waals surface area (Å²) in [4.78, 5) is 0. The summed E-state index contributed by atoms with van der Waals surface area (Å²) in [6, 6.07) is 3.06. The normalized spacial score (nSPS) is 12.0. The zero-order chi connectivity index (χ0) is 12.5. The topological polar surface area (TPSA) is 9.23 Å². The van der Waals surface area contributed by atoms with Crippen molar-refractivity contribution in [2.24, 2.45) is 5.92 Å². The summed E-state index contributed by atoms with van der Waals surface area (Å²) in [6.07, 6.45) is 0. The van der Waals surface area contributed by atoms with E-state index in [1.54, 1.807) is 27.0 Å². The van der Waals surface area contributed by atoms with Crippen LogP contribution in [0.2, 0.25) is 0 Å². The van der Waals surface area contributed by atoms with Gasteiger partial charge in [0, 0.05) is 11.5 Å². The van der Waals surface area contributed by atoms with Crippen LogP contribution in [-0.4, -0.2) is 7.11 Å². The van der Waals surface area contributed by atoms with Crippen LogP contribution in [0, 0.1) is 19.8 Å². The number of benzene rings is 1. The molecule has 0 amide bonds. The molecule has 0 aliphatic rings. The third kappa shape index (κ3) is 2.04. The molecule has 0 bridgehead atoms. The number of ether oxygens (including phenoxy) is 1. The van der Waals surface area contributed by atoms with Gasteiger partial charge in [0.2, 0.25) is 0 Å². The zero-order valence-corrected chi connectivity index (χ0v) is 10.4. The monoisotopic (exact) mass is 228 g/mol. The molecule has 0 aliphatic heterocycles. The first-order chi connectivity index (χ1) is 7.32. The molecule has 0 aromatic heterocycles. The molecule has 0 heterocycles. The van der Waals surface area contributed by atoms with Crippen LogP contribution in [0.4, 0.5) is 8.78 Å². The third-order valence-corrected chi connectivity index (χ3v) is 3.04. The number of hydrogen-bond donors (Lipinski definition) is 0. The Morgan fingerprint density at radius 3 is 2.12 bits per heavy atom. The Morgan fingerprint density at radius 2 is 1.69 bits per heavy atom. The van der Waals surface area contributed by atoms with E-state index in [1.165, 1.54) is 19.9 Å². The lowest BCUT2D eigenvalue weighted by Crippen LogP contribution is -2.22. The highest BCUT2D eigenvalue weighted by molar-refractivity contribution is 5.45. The highest BCUT2D eigenvalue weighted by atomic mass is 19.3. The first kappa shape index (κ1) is 12.9. The molecule has 1 rings (SSSR count). The number of alkyl halides is 2. The van der Waals surface area contributed by atoms with Gasteiger partial charge in [0.05, 0.1) is 7.11 Å². The van der Waals surface area contributed by atoms with Gasteiger partial charge in [-0.25, -0.2) is 8.78 Å². The lowest BCUT2D eigenvalue weighted by Gasteiger charge is -2.24. The van der Waals surface area contributed by atoms with Gasteiger partial charge in [-0.05, 0) is 37.1 Å². The molecule has 0 spiro atoms. The van der Waals surface area contributed by atoms with Gasteiger partial charge in [0.1, 0.15) is 5.75 Å². The van der Waals surface area contributed by atoms with Gasteiger partial charge in [-0.1, -0.05) is 13.8 Å². The molecule has 0 N–H and O–H groups in total. The second-order valence-electron chi connectivity index (χ2n) is 4.34. The van der Waals surface area contributed by atoms with Gasteiger partial charge in [-0.15, -0.1) is 0 Å². The Kier molecular flexibility index (Phi) is 3.56. The van der Waals surface area contributed by atoms with Crippen molar-refractivity contribution in [2.75, 3.05) is 7.11 Å². The Morgan fingerprint density at radius 1 is 1.12 bits per heavy atom. The largest absolute Gasteiger partial charge is 0.496 e. The van der Waals surface area contributed by atoms with Crippen molar-refractivity contribution in [3.05, 3.63) is 28.8 Å². The van der Waals surface area contributed by atoms with Crippen LogP contribution in [0.15, 0.2) is 12.1 Å². The number of halogens is 2. The summed E-state index contributed by atoms with van der Waals surface area (Å²) in [6.45, 7) is 6.57. The van der Waals surface area contributed by atoms with E-state index in [0.29, 0.717) is 11.3 Å². The predicted octanol–water partition coefficient (Wildman–Crippen LogP) is 4.06. The second-order valence-corrected chi connectivity index (χ2v) is 4.34. The van der Waals surface area contributed by atoms with Gasteiger partial charge < -0.3 is 4.74 Å². The van der Waals surface area contributed by atoms with Gasteiger partial charge in [0.15, 0.2) is 0 Å². The van der Waals surface area contributed by atoms with Crippen molar-refractivity contribution >= 4 is 0 Å². The van der Waals surface area contributed by atoms with Crippen LogP contribution in [-0.2, 0) is 5.92 Å². The van der Waals surface area contributed by atoms with Crippen LogP contribution in [0.25, 0.3) is 0 Å². The second kappa shape index (κ2) is 4.40. The molecule has 3 heteroatoms. The molecule has 0 atom stereocenters. The van der Waals surface area contributed by atoms with E-state index in [2.05, 4.69) is 0 Å². The molecule has 0 saturated carbocycles. The van der Waals surface area contributed by atoms with Crippen molar-refractivity contribution in [2.45, 2.75) is 33.6 Å². The molecule has 0 unspecified atom stereocenters. The molecule has 0 radical (unpaired) electrons. The van der Waals surface area contributed by atoms with E-state index in [4.69, 9.17) is 4.74 Å². The Balaban J connectivity index is 3.33. The minimum atomic E-state index is -2.79. The maximum absolute atomic E-state index is 13.9. The van der Waals surface area contributed by atoms with Crippen molar-refractivity contribution < 1.29 is 13.5 Å². The van der Waals surface area contributed by atoms with E-state index in [9.17, 15) is 8.78 Å². The summed E-state index contributed by atoms with van der Waals surface area (Å²) in [5.74, 6) is -2.85. The molecule has 1 nitrogen and oxygen atoms in total. The van der Waals surface area contributed by atoms with Crippen LogP contribution in [0.5, 0.6) is 5.75 Å². The van der Waals surface area contributed by atoms with E-state index in [-0.39, 0.29) is 5.56 Å². The Bertz CT molecular complexity index is 384. The van der Waals surface area contributed by atoms with Crippen LogP contribution < -0.4 is 4.74 Å². The molecule has 16 heavy (non-hydrogen) atoms.